The largest absolute Gasteiger partial charge is 0.481 e. The Morgan fingerprint density at radius 2 is 1.84 bits per heavy atom. The second kappa shape index (κ2) is 11.2. The minimum atomic E-state index is -0.882. The van der Waals surface area contributed by atoms with Gasteiger partial charge in [0.25, 0.3) is 0 Å². The molecule has 1 atom stereocenters. The molecule has 32 heavy (non-hydrogen) atoms. The van der Waals surface area contributed by atoms with Crippen LogP contribution in [0.15, 0.2) is 36.8 Å². The zero-order valence-corrected chi connectivity index (χ0v) is 19.4. The molecule has 0 radical (unpaired) electrons. The van der Waals surface area contributed by atoms with Gasteiger partial charge in [0.05, 0.1) is 5.69 Å². The molecule has 0 aliphatic heterocycles. The highest BCUT2D eigenvalue weighted by Crippen LogP contribution is 2.31. The summed E-state index contributed by atoms with van der Waals surface area (Å²) < 4.78 is 2.08. The van der Waals surface area contributed by atoms with Crippen molar-refractivity contribution in [2.24, 2.45) is 13.0 Å². The number of ketones is 1. The van der Waals surface area contributed by atoms with Crippen LogP contribution in [0.2, 0.25) is 5.02 Å². The van der Waals surface area contributed by atoms with Gasteiger partial charge in [-0.1, -0.05) is 31.4 Å². The van der Waals surface area contributed by atoms with Crippen molar-refractivity contribution in [1.82, 2.24) is 14.5 Å². The molecule has 2 aromatic heterocycles. The molecule has 0 fully saturated rings. The minimum Gasteiger partial charge on any atom is -0.481 e. The first-order valence-corrected chi connectivity index (χ1v) is 11.5. The number of hydrogen-bond donors (Lipinski definition) is 1. The average molecular weight is 456 g/mol. The summed E-state index contributed by atoms with van der Waals surface area (Å²) in [6.07, 6.45) is 11.3. The average Bonchev–Trinajstić information content (AvgIpc) is 3.01. The molecule has 0 saturated heterocycles. The highest BCUT2D eigenvalue weighted by molar-refractivity contribution is 6.31. The van der Waals surface area contributed by atoms with Crippen molar-refractivity contribution >= 4 is 34.3 Å². The van der Waals surface area contributed by atoms with Gasteiger partial charge in [0, 0.05) is 65.7 Å². The topological polar surface area (TPSA) is 85.1 Å². The predicted octanol–water partition coefficient (Wildman–Crippen LogP) is 5.65. The maximum absolute atomic E-state index is 13.2. The maximum Gasteiger partial charge on any atom is 0.303 e. The van der Waals surface area contributed by atoms with Crippen LogP contribution in [0.5, 0.6) is 0 Å². The van der Waals surface area contributed by atoms with Gasteiger partial charge in [-0.05, 0) is 49.8 Å². The Hall–Kier alpha value is -2.73. The fourth-order valence-corrected chi connectivity index (χ4v) is 4.45. The van der Waals surface area contributed by atoms with Gasteiger partial charge < -0.3 is 9.67 Å². The Kier molecular flexibility index (Phi) is 8.39. The number of nitrogens with zero attached hydrogens (tertiary/aromatic N) is 3. The molecule has 0 saturated carbocycles. The zero-order valence-electron chi connectivity index (χ0n) is 18.7. The van der Waals surface area contributed by atoms with Crippen molar-refractivity contribution < 1.29 is 14.7 Å². The smallest absolute Gasteiger partial charge is 0.303 e. The van der Waals surface area contributed by atoms with Gasteiger partial charge in [-0.3, -0.25) is 19.6 Å². The van der Waals surface area contributed by atoms with Crippen molar-refractivity contribution in [3.05, 3.63) is 58.8 Å². The van der Waals surface area contributed by atoms with E-state index in [2.05, 4.69) is 14.5 Å². The number of rotatable bonds is 12. The second-order valence-electron chi connectivity index (χ2n) is 8.48. The lowest BCUT2D eigenvalue weighted by Crippen LogP contribution is -2.12. The lowest BCUT2D eigenvalue weighted by molar-refractivity contribution is -0.137. The molecule has 7 heteroatoms. The van der Waals surface area contributed by atoms with Gasteiger partial charge in [-0.15, -0.1) is 0 Å². The van der Waals surface area contributed by atoms with E-state index in [1.165, 1.54) is 0 Å². The standard InChI is InChI=1S/C25H30ClN3O3/c1-17(14-24(31)32)13-23(30)25-20-15-18(26)9-10-21(20)29(2)22(25)8-6-4-3-5-7-19-16-27-11-12-28-19/h9-12,15-17H,3-8,13-14H2,1-2H3,(H,31,32)/t17-/m0/s1. The Bertz CT molecular complexity index is 1080. The van der Waals surface area contributed by atoms with Crippen LogP contribution in [0.1, 0.15) is 67.2 Å². The van der Waals surface area contributed by atoms with Gasteiger partial charge in [0.2, 0.25) is 0 Å². The summed E-state index contributed by atoms with van der Waals surface area (Å²) in [7, 11) is 1.98. The molecule has 3 aromatic rings. The van der Waals surface area contributed by atoms with E-state index in [0.29, 0.717) is 10.6 Å². The molecule has 6 nitrogen and oxygen atoms in total. The van der Waals surface area contributed by atoms with Crippen LogP contribution in [0, 0.1) is 5.92 Å². The van der Waals surface area contributed by atoms with E-state index in [1.54, 1.807) is 19.3 Å². The summed E-state index contributed by atoms with van der Waals surface area (Å²) in [5.74, 6) is -1.11. The number of carboxylic acid groups (broad SMARTS) is 1. The van der Waals surface area contributed by atoms with Crippen molar-refractivity contribution in [2.75, 3.05) is 0 Å². The number of carbonyl (C=O) groups is 2. The van der Waals surface area contributed by atoms with Crippen molar-refractivity contribution in [3.63, 3.8) is 0 Å². The third-order valence-corrected chi connectivity index (χ3v) is 6.07. The Morgan fingerprint density at radius 3 is 2.53 bits per heavy atom. The first-order valence-electron chi connectivity index (χ1n) is 11.1. The lowest BCUT2D eigenvalue weighted by Gasteiger charge is -2.11. The maximum atomic E-state index is 13.2. The van der Waals surface area contributed by atoms with E-state index >= 15 is 0 Å². The highest BCUT2D eigenvalue weighted by atomic mass is 35.5. The van der Waals surface area contributed by atoms with Gasteiger partial charge in [-0.2, -0.15) is 0 Å². The number of fused-ring (bicyclic) bond motifs is 1. The summed E-state index contributed by atoms with van der Waals surface area (Å²) in [5.41, 5.74) is 3.69. The monoisotopic (exact) mass is 455 g/mol. The molecular weight excluding hydrogens is 426 g/mol. The molecule has 0 aliphatic rings. The fourth-order valence-electron chi connectivity index (χ4n) is 4.27. The quantitative estimate of drug-likeness (QED) is 0.281. The van der Waals surface area contributed by atoms with Gasteiger partial charge >= 0.3 is 5.97 Å². The third kappa shape index (κ3) is 6.16. The molecule has 3 rings (SSSR count). The number of benzene rings is 1. The zero-order chi connectivity index (χ0) is 23.1. The van der Waals surface area contributed by atoms with E-state index in [0.717, 1.165) is 60.8 Å². The molecule has 0 unspecified atom stereocenters. The van der Waals surface area contributed by atoms with E-state index in [-0.39, 0.29) is 24.5 Å². The normalized spacial score (nSPS) is 12.2. The van der Waals surface area contributed by atoms with E-state index in [4.69, 9.17) is 16.7 Å². The molecule has 0 amide bonds. The first kappa shape index (κ1) is 23.9. The Morgan fingerprint density at radius 1 is 1.09 bits per heavy atom. The highest BCUT2D eigenvalue weighted by Gasteiger charge is 2.23. The van der Waals surface area contributed by atoms with Crippen LogP contribution in [0.25, 0.3) is 10.9 Å². The van der Waals surface area contributed by atoms with Gasteiger partial charge in [0.1, 0.15) is 0 Å². The number of Topliss-reactive ketones (excluding diaryl/α,β-unsaturated/α-hetero) is 1. The van der Waals surface area contributed by atoms with Crippen molar-refractivity contribution in [3.8, 4) is 0 Å². The summed E-state index contributed by atoms with van der Waals surface area (Å²) in [4.78, 5) is 32.7. The summed E-state index contributed by atoms with van der Waals surface area (Å²) >= 11 is 6.24. The van der Waals surface area contributed by atoms with E-state index < -0.39 is 5.97 Å². The van der Waals surface area contributed by atoms with E-state index in [1.807, 2.05) is 31.4 Å². The fraction of sp³-hybridized carbons (Fsp3) is 0.440. The van der Waals surface area contributed by atoms with Crippen LogP contribution in [0.3, 0.4) is 0 Å². The number of aromatic nitrogens is 3. The SMILES string of the molecule is C[C@H](CC(=O)O)CC(=O)c1c(CCCCCCc2cnccn2)n(C)c2ccc(Cl)cc12. The number of unbranched alkanes of at least 4 members (excludes halogenated alkanes) is 3. The molecular formula is C25H30ClN3O3. The molecule has 170 valence electrons. The van der Waals surface area contributed by atoms with Crippen LogP contribution >= 0.6 is 11.6 Å². The summed E-state index contributed by atoms with van der Waals surface area (Å²) in [5, 5.41) is 10.5. The number of carboxylic acids is 1. The molecule has 1 aromatic carbocycles. The summed E-state index contributed by atoms with van der Waals surface area (Å²) in [6, 6.07) is 5.62. The van der Waals surface area contributed by atoms with Crippen LogP contribution < -0.4 is 0 Å². The van der Waals surface area contributed by atoms with Crippen LogP contribution in [0.4, 0.5) is 0 Å². The predicted molar refractivity (Wildman–Crippen MR) is 126 cm³/mol. The van der Waals surface area contributed by atoms with E-state index in [9.17, 15) is 9.59 Å². The number of aliphatic carboxylic acids is 1. The Balaban J connectivity index is 1.69. The number of aryl methyl sites for hydroxylation is 2. The number of halogens is 1. The Labute approximate surface area is 193 Å². The summed E-state index contributed by atoms with van der Waals surface area (Å²) in [6.45, 7) is 1.81. The molecule has 0 aliphatic carbocycles. The third-order valence-electron chi connectivity index (χ3n) is 5.83. The molecule has 0 bridgehead atoms. The van der Waals surface area contributed by atoms with Crippen molar-refractivity contribution in [2.45, 2.75) is 58.3 Å². The lowest BCUT2D eigenvalue weighted by atomic mass is 9.94. The minimum absolute atomic E-state index is 0.00994. The van der Waals surface area contributed by atoms with Crippen LogP contribution in [-0.2, 0) is 24.7 Å². The van der Waals surface area contributed by atoms with Gasteiger partial charge in [0.15, 0.2) is 5.78 Å². The molecule has 1 N–H and O–H groups in total. The molecule has 0 spiro atoms. The van der Waals surface area contributed by atoms with Gasteiger partial charge in [-0.25, -0.2) is 0 Å². The second-order valence-corrected chi connectivity index (χ2v) is 8.92. The first-order chi connectivity index (χ1) is 15.4. The molecule has 2 heterocycles. The number of carbonyl (C=O) groups excluding carboxylic acids is 1. The number of hydrogen-bond acceptors (Lipinski definition) is 4. The van der Waals surface area contributed by atoms with Crippen molar-refractivity contribution in [1.29, 1.82) is 0 Å². The van der Waals surface area contributed by atoms with Crippen LogP contribution in [-0.4, -0.2) is 31.4 Å².